The van der Waals surface area contributed by atoms with Crippen LogP contribution in [-0.4, -0.2) is 23.3 Å². The van der Waals surface area contributed by atoms with E-state index in [1.807, 2.05) is 0 Å². The van der Waals surface area contributed by atoms with Crippen LogP contribution in [0, 0.1) is 10.1 Å². The molecule has 0 spiro atoms. The van der Waals surface area contributed by atoms with Crippen LogP contribution in [0.2, 0.25) is 0 Å². The van der Waals surface area contributed by atoms with Crippen LogP contribution in [0.4, 0.5) is 5.69 Å². The molecular weight excluding hydrogens is 262 g/mol. The fourth-order valence-corrected chi connectivity index (χ4v) is 1.58. The van der Waals surface area contributed by atoms with E-state index in [2.05, 4.69) is 0 Å². The van der Waals surface area contributed by atoms with Crippen LogP contribution in [-0.2, 0) is 14.3 Å². The number of nitrogens with zero attached hydrogens (tertiary/aromatic N) is 1. The number of para-hydroxylation sites is 1. The third-order valence-corrected chi connectivity index (χ3v) is 2.55. The average Bonchev–Trinajstić information content (AvgIpc) is 2.44. The van der Waals surface area contributed by atoms with Crippen molar-refractivity contribution < 1.29 is 19.2 Å². The lowest BCUT2D eigenvalue weighted by atomic mass is 10.0. The minimum absolute atomic E-state index is 0.116. The summed E-state index contributed by atoms with van der Waals surface area (Å²) < 4.78 is 4.80. The van der Waals surface area contributed by atoms with E-state index in [1.165, 1.54) is 24.3 Å². The summed E-state index contributed by atoms with van der Waals surface area (Å²) in [6.07, 6.45) is 1.33. The molecular formula is C14H15NO5. The Morgan fingerprint density at radius 3 is 2.50 bits per heavy atom. The van der Waals surface area contributed by atoms with Crippen LogP contribution in [0.1, 0.15) is 25.8 Å². The minimum Gasteiger partial charge on any atom is -0.462 e. The molecule has 0 saturated carbocycles. The van der Waals surface area contributed by atoms with E-state index in [-0.39, 0.29) is 29.9 Å². The summed E-state index contributed by atoms with van der Waals surface area (Å²) in [5, 5.41) is 10.9. The lowest BCUT2D eigenvalue weighted by molar-refractivity contribution is -0.385. The summed E-state index contributed by atoms with van der Waals surface area (Å²) in [4.78, 5) is 33.9. The molecule has 0 bridgehead atoms. The molecule has 0 aliphatic heterocycles. The number of ether oxygens (including phenoxy) is 1. The molecule has 0 amide bonds. The molecule has 106 valence electrons. The number of carbonyl (C=O) groups excluding carboxylic acids is 2. The van der Waals surface area contributed by atoms with Crippen molar-refractivity contribution in [1.29, 1.82) is 0 Å². The number of nitro benzene ring substituents is 1. The van der Waals surface area contributed by atoms with Gasteiger partial charge in [-0.15, -0.1) is 0 Å². The molecule has 0 unspecified atom stereocenters. The molecule has 1 aromatic carbocycles. The zero-order chi connectivity index (χ0) is 15.1. The lowest BCUT2D eigenvalue weighted by Crippen LogP contribution is -2.15. The molecule has 6 nitrogen and oxygen atoms in total. The van der Waals surface area contributed by atoms with Gasteiger partial charge in [0.1, 0.15) is 5.57 Å². The molecule has 0 radical (unpaired) electrons. The van der Waals surface area contributed by atoms with Crippen LogP contribution in [0.25, 0.3) is 6.08 Å². The standard InChI is InChI=1S/C14H15NO5/c1-3-13(16)11(14(17)20-4-2)9-10-7-5-6-8-12(10)15(18)19/h5-9H,3-4H2,1-2H3/b11-9+. The number of hydrogen-bond acceptors (Lipinski definition) is 5. The van der Waals surface area contributed by atoms with Crippen molar-refractivity contribution >= 4 is 23.5 Å². The van der Waals surface area contributed by atoms with Crippen molar-refractivity contribution in [1.82, 2.24) is 0 Å². The normalized spacial score (nSPS) is 11.0. The highest BCUT2D eigenvalue weighted by molar-refractivity contribution is 6.20. The summed E-state index contributed by atoms with van der Waals surface area (Å²) in [6, 6.07) is 5.89. The van der Waals surface area contributed by atoms with Gasteiger partial charge < -0.3 is 4.74 Å². The molecule has 0 N–H and O–H groups in total. The van der Waals surface area contributed by atoms with Gasteiger partial charge in [-0.25, -0.2) is 4.79 Å². The quantitative estimate of drug-likeness (QED) is 0.199. The number of ketones is 1. The maximum atomic E-state index is 11.8. The Kier molecular flexibility index (Phi) is 5.58. The second-order valence-corrected chi connectivity index (χ2v) is 3.87. The maximum absolute atomic E-state index is 11.8. The lowest BCUT2D eigenvalue weighted by Gasteiger charge is -2.05. The second kappa shape index (κ2) is 7.18. The SMILES string of the molecule is CCOC(=O)/C(=C/c1ccccc1[N+](=O)[O-])C(=O)CC. The Balaban J connectivity index is 3.30. The minimum atomic E-state index is -0.766. The van der Waals surface area contributed by atoms with Crippen molar-refractivity contribution in [2.24, 2.45) is 0 Å². The largest absolute Gasteiger partial charge is 0.462 e. The molecule has 1 rings (SSSR count). The van der Waals surface area contributed by atoms with Crippen molar-refractivity contribution in [3.8, 4) is 0 Å². The Morgan fingerprint density at radius 2 is 1.95 bits per heavy atom. The van der Waals surface area contributed by atoms with Crippen LogP contribution in [0.15, 0.2) is 29.8 Å². The number of Topliss-reactive ketones (excluding diaryl/α,β-unsaturated/α-hetero) is 1. The van der Waals surface area contributed by atoms with Gasteiger partial charge >= 0.3 is 5.97 Å². The Morgan fingerprint density at radius 1 is 1.30 bits per heavy atom. The molecule has 1 aromatic rings. The summed E-state index contributed by atoms with van der Waals surface area (Å²) in [5.41, 5.74) is -0.149. The number of carbonyl (C=O) groups is 2. The van der Waals surface area contributed by atoms with Gasteiger partial charge in [-0.1, -0.05) is 19.1 Å². The van der Waals surface area contributed by atoms with Crippen LogP contribution < -0.4 is 0 Å². The number of hydrogen-bond donors (Lipinski definition) is 0. The van der Waals surface area contributed by atoms with Gasteiger partial charge in [0.05, 0.1) is 17.1 Å². The Labute approximate surface area is 116 Å². The van der Waals surface area contributed by atoms with Gasteiger partial charge in [0.15, 0.2) is 5.78 Å². The van der Waals surface area contributed by atoms with Gasteiger partial charge in [0.25, 0.3) is 5.69 Å². The summed E-state index contributed by atoms with van der Waals surface area (Å²) >= 11 is 0. The monoisotopic (exact) mass is 277 g/mol. The van der Waals surface area contributed by atoms with Crippen molar-refractivity contribution in [3.05, 3.63) is 45.5 Å². The average molecular weight is 277 g/mol. The van der Waals surface area contributed by atoms with Gasteiger partial charge in [0.2, 0.25) is 0 Å². The van der Waals surface area contributed by atoms with E-state index in [0.717, 1.165) is 0 Å². The zero-order valence-electron chi connectivity index (χ0n) is 11.3. The summed E-state index contributed by atoms with van der Waals surface area (Å²) in [7, 11) is 0. The van der Waals surface area contributed by atoms with Gasteiger partial charge in [0, 0.05) is 12.5 Å². The first-order chi connectivity index (χ1) is 9.51. The molecule has 0 atom stereocenters. The second-order valence-electron chi connectivity index (χ2n) is 3.87. The Hall–Kier alpha value is -2.50. The number of nitro groups is 1. The molecule has 0 fully saturated rings. The van der Waals surface area contributed by atoms with E-state index in [0.29, 0.717) is 0 Å². The van der Waals surface area contributed by atoms with E-state index in [4.69, 9.17) is 4.74 Å². The smallest absolute Gasteiger partial charge is 0.341 e. The van der Waals surface area contributed by atoms with E-state index in [1.54, 1.807) is 19.9 Å². The first kappa shape index (κ1) is 15.6. The molecule has 0 saturated heterocycles. The third kappa shape index (κ3) is 3.74. The van der Waals surface area contributed by atoms with Gasteiger partial charge in [-0.05, 0) is 19.1 Å². The van der Waals surface area contributed by atoms with Crippen LogP contribution in [0.5, 0.6) is 0 Å². The summed E-state index contributed by atoms with van der Waals surface area (Å²) in [6.45, 7) is 3.36. The van der Waals surface area contributed by atoms with Crippen molar-refractivity contribution in [3.63, 3.8) is 0 Å². The third-order valence-electron chi connectivity index (χ3n) is 2.55. The highest BCUT2D eigenvalue weighted by Crippen LogP contribution is 2.21. The molecule has 0 heterocycles. The summed E-state index contributed by atoms with van der Waals surface area (Å²) in [5.74, 6) is -1.18. The highest BCUT2D eigenvalue weighted by Gasteiger charge is 2.20. The molecule has 6 heteroatoms. The molecule has 0 aliphatic rings. The topological polar surface area (TPSA) is 86.5 Å². The maximum Gasteiger partial charge on any atom is 0.341 e. The highest BCUT2D eigenvalue weighted by atomic mass is 16.6. The fourth-order valence-electron chi connectivity index (χ4n) is 1.58. The first-order valence-corrected chi connectivity index (χ1v) is 6.16. The van der Waals surface area contributed by atoms with Crippen LogP contribution in [0.3, 0.4) is 0 Å². The molecule has 0 aliphatic carbocycles. The predicted octanol–water partition coefficient (Wildman–Crippen LogP) is 2.52. The van der Waals surface area contributed by atoms with Crippen LogP contribution >= 0.6 is 0 Å². The number of esters is 1. The van der Waals surface area contributed by atoms with Crippen molar-refractivity contribution in [2.75, 3.05) is 6.61 Å². The van der Waals surface area contributed by atoms with E-state index < -0.39 is 16.7 Å². The predicted molar refractivity (Wildman–Crippen MR) is 73.0 cm³/mol. The fraction of sp³-hybridized carbons (Fsp3) is 0.286. The molecule has 0 aromatic heterocycles. The Bertz CT molecular complexity index is 562. The molecule has 20 heavy (non-hydrogen) atoms. The first-order valence-electron chi connectivity index (χ1n) is 6.16. The zero-order valence-corrected chi connectivity index (χ0v) is 11.3. The van der Waals surface area contributed by atoms with Gasteiger partial charge in [-0.2, -0.15) is 0 Å². The van der Waals surface area contributed by atoms with Gasteiger partial charge in [-0.3, -0.25) is 14.9 Å². The van der Waals surface area contributed by atoms with E-state index >= 15 is 0 Å². The number of rotatable bonds is 6. The number of benzene rings is 1. The van der Waals surface area contributed by atoms with Crippen molar-refractivity contribution in [2.45, 2.75) is 20.3 Å². The van der Waals surface area contributed by atoms with E-state index in [9.17, 15) is 19.7 Å².